The van der Waals surface area contributed by atoms with Gasteiger partial charge in [0.1, 0.15) is 18.4 Å². The van der Waals surface area contributed by atoms with Crippen molar-refractivity contribution in [1.82, 2.24) is 0 Å². The lowest BCUT2D eigenvalue weighted by molar-refractivity contribution is -0.119. The molecular formula is C29H43FO4. The van der Waals surface area contributed by atoms with Gasteiger partial charge in [0.15, 0.2) is 5.78 Å². The van der Waals surface area contributed by atoms with Crippen molar-refractivity contribution < 1.29 is 23.5 Å². The Morgan fingerprint density at radius 3 is 2.74 bits per heavy atom. The molecule has 4 saturated carbocycles. The summed E-state index contributed by atoms with van der Waals surface area (Å²) in [6.07, 6.45) is 13.5. The first-order valence-corrected chi connectivity index (χ1v) is 14.1. The predicted octanol–water partition coefficient (Wildman–Crippen LogP) is 7.35. The molecule has 5 heteroatoms. The van der Waals surface area contributed by atoms with E-state index in [9.17, 15) is 9.59 Å². The van der Waals surface area contributed by atoms with E-state index in [4.69, 9.17) is 9.47 Å². The number of hydrogen-bond acceptors (Lipinski definition) is 4. The summed E-state index contributed by atoms with van der Waals surface area (Å²) in [5.41, 5.74) is 0.877. The molecule has 34 heavy (non-hydrogen) atoms. The Hall–Kier alpha value is -1.39. The van der Waals surface area contributed by atoms with Crippen LogP contribution in [-0.2, 0) is 14.3 Å². The number of fused-ring (bicyclic) bond motifs is 5. The molecule has 0 radical (unpaired) electrons. The van der Waals surface area contributed by atoms with Gasteiger partial charge in [0, 0.05) is 11.8 Å². The molecule has 0 aliphatic heterocycles. The molecule has 0 bridgehead atoms. The van der Waals surface area contributed by atoms with Gasteiger partial charge in [-0.2, -0.15) is 0 Å². The zero-order valence-corrected chi connectivity index (χ0v) is 21.1. The van der Waals surface area contributed by atoms with E-state index in [1.165, 1.54) is 18.4 Å². The first kappa shape index (κ1) is 24.3. The number of ether oxygens (including phenoxy) is 2. The molecule has 2 unspecified atom stereocenters. The van der Waals surface area contributed by atoms with Crippen molar-refractivity contribution in [2.24, 2.45) is 35.0 Å². The fourth-order valence-electron chi connectivity index (χ4n) is 8.74. The van der Waals surface area contributed by atoms with E-state index in [1.807, 2.05) is 6.08 Å². The van der Waals surface area contributed by atoms with Crippen molar-refractivity contribution >= 4 is 11.9 Å². The normalized spacial score (nSPS) is 43.9. The molecule has 5 aliphatic rings. The lowest BCUT2D eigenvalue weighted by Crippen LogP contribution is -2.53. The lowest BCUT2D eigenvalue weighted by atomic mass is 9.51. The highest BCUT2D eigenvalue weighted by Gasteiger charge is 2.61. The molecule has 0 saturated heterocycles. The van der Waals surface area contributed by atoms with Gasteiger partial charge >= 0.3 is 6.16 Å². The van der Waals surface area contributed by atoms with Crippen LogP contribution in [0.2, 0.25) is 0 Å². The third-order valence-electron chi connectivity index (χ3n) is 10.4. The Morgan fingerprint density at radius 1 is 1.09 bits per heavy atom. The standard InChI is InChI=1S/C29H43FO4/c1-3-4-7-18-8-5-6-9-25(18)33-28(32)34-26-15-14-23-22-12-10-19-16-20(31)11-13-21(19)27(22)24(30)17-29(23,26)2/h16,18,21-27H,3-15,17H2,1-2H3/t18?,21-,22-,23-,24-,25?,26-,27+,29-/m0/s1. The van der Waals surface area contributed by atoms with Crippen LogP contribution in [0, 0.1) is 35.0 Å². The second-order valence-corrected chi connectivity index (χ2v) is 12.2. The number of hydrogen-bond donors (Lipinski definition) is 0. The van der Waals surface area contributed by atoms with Gasteiger partial charge in [-0.1, -0.05) is 38.7 Å². The molecular weight excluding hydrogens is 431 g/mol. The molecule has 4 nitrogen and oxygen atoms in total. The maximum absolute atomic E-state index is 15.8. The number of carbonyl (C=O) groups is 2. The van der Waals surface area contributed by atoms with Crippen LogP contribution in [0.25, 0.3) is 0 Å². The van der Waals surface area contributed by atoms with Crippen LogP contribution in [-0.4, -0.2) is 30.3 Å². The summed E-state index contributed by atoms with van der Waals surface area (Å²) in [6.45, 7) is 4.36. The minimum Gasteiger partial charge on any atom is -0.431 e. The van der Waals surface area contributed by atoms with Gasteiger partial charge < -0.3 is 9.47 Å². The number of ketones is 1. The van der Waals surface area contributed by atoms with Crippen LogP contribution < -0.4 is 0 Å². The number of unbranched alkanes of at least 4 members (excludes halogenated alkanes) is 1. The third kappa shape index (κ3) is 4.46. The van der Waals surface area contributed by atoms with Gasteiger partial charge in [-0.3, -0.25) is 4.79 Å². The zero-order chi connectivity index (χ0) is 23.9. The van der Waals surface area contributed by atoms with Crippen molar-refractivity contribution in [3.8, 4) is 0 Å². The highest BCUT2D eigenvalue weighted by molar-refractivity contribution is 5.91. The molecule has 0 aromatic heterocycles. The molecule has 0 aromatic rings. The van der Waals surface area contributed by atoms with E-state index in [0.29, 0.717) is 30.6 Å². The van der Waals surface area contributed by atoms with Crippen molar-refractivity contribution in [2.45, 2.75) is 122 Å². The van der Waals surface area contributed by atoms with E-state index in [0.717, 1.165) is 64.2 Å². The second kappa shape index (κ2) is 9.93. The largest absolute Gasteiger partial charge is 0.508 e. The van der Waals surface area contributed by atoms with E-state index in [-0.39, 0.29) is 35.2 Å². The molecule has 5 aliphatic carbocycles. The van der Waals surface area contributed by atoms with Gasteiger partial charge in [0.25, 0.3) is 0 Å². The van der Waals surface area contributed by atoms with Gasteiger partial charge in [0.2, 0.25) is 0 Å². The van der Waals surface area contributed by atoms with Crippen LogP contribution in [0.1, 0.15) is 104 Å². The summed E-state index contributed by atoms with van der Waals surface area (Å²) in [4.78, 5) is 24.8. The zero-order valence-electron chi connectivity index (χ0n) is 21.1. The monoisotopic (exact) mass is 474 g/mol. The minimum atomic E-state index is -0.898. The molecule has 4 fully saturated rings. The van der Waals surface area contributed by atoms with E-state index in [1.54, 1.807) is 0 Å². The Morgan fingerprint density at radius 2 is 1.91 bits per heavy atom. The van der Waals surface area contributed by atoms with Crippen LogP contribution in [0.15, 0.2) is 11.6 Å². The van der Waals surface area contributed by atoms with Crippen LogP contribution in [0.4, 0.5) is 9.18 Å². The molecule has 0 amide bonds. The molecule has 0 heterocycles. The van der Waals surface area contributed by atoms with Crippen molar-refractivity contribution in [3.05, 3.63) is 11.6 Å². The topological polar surface area (TPSA) is 52.6 Å². The second-order valence-electron chi connectivity index (χ2n) is 12.2. The first-order valence-electron chi connectivity index (χ1n) is 14.1. The number of carbonyl (C=O) groups excluding carboxylic acids is 2. The maximum atomic E-state index is 15.8. The summed E-state index contributed by atoms with van der Waals surface area (Å²) in [6, 6.07) is 0. The summed E-state index contributed by atoms with van der Waals surface area (Å²) < 4.78 is 27.8. The molecule has 0 N–H and O–H groups in total. The van der Waals surface area contributed by atoms with E-state index >= 15 is 4.39 Å². The average Bonchev–Trinajstić information content (AvgIpc) is 3.13. The number of allylic oxidation sites excluding steroid dienone is 1. The SMILES string of the molecule is CCCCC1CCCCC1OC(=O)O[C@H]1CC[C@H]2[C@@H]3CCC4=CC(=O)CC[C@@H]4[C@H]3[C@@H](F)C[C@]12C. The number of alkyl halides is 1. The van der Waals surface area contributed by atoms with Crippen LogP contribution in [0.5, 0.6) is 0 Å². The van der Waals surface area contributed by atoms with Gasteiger partial charge in [-0.15, -0.1) is 0 Å². The van der Waals surface area contributed by atoms with Crippen LogP contribution >= 0.6 is 0 Å². The first-order chi connectivity index (χ1) is 16.4. The van der Waals surface area contributed by atoms with Crippen molar-refractivity contribution in [1.29, 1.82) is 0 Å². The Labute approximate surface area is 204 Å². The lowest BCUT2D eigenvalue weighted by Gasteiger charge is -2.54. The Balaban J connectivity index is 1.24. The van der Waals surface area contributed by atoms with E-state index in [2.05, 4.69) is 13.8 Å². The third-order valence-corrected chi connectivity index (χ3v) is 10.4. The maximum Gasteiger partial charge on any atom is 0.508 e. The van der Waals surface area contributed by atoms with Crippen molar-refractivity contribution in [3.63, 3.8) is 0 Å². The van der Waals surface area contributed by atoms with Crippen LogP contribution in [0.3, 0.4) is 0 Å². The fourth-order valence-corrected chi connectivity index (χ4v) is 8.74. The predicted molar refractivity (Wildman–Crippen MR) is 129 cm³/mol. The van der Waals surface area contributed by atoms with Gasteiger partial charge in [0.05, 0.1) is 0 Å². The van der Waals surface area contributed by atoms with Gasteiger partial charge in [-0.25, -0.2) is 9.18 Å². The molecule has 0 spiro atoms. The molecule has 5 rings (SSSR count). The highest BCUT2D eigenvalue weighted by atomic mass is 19.1. The Kier molecular flexibility index (Phi) is 7.10. The number of halogens is 1. The summed E-state index contributed by atoms with van der Waals surface area (Å²) in [5.74, 6) is 1.62. The summed E-state index contributed by atoms with van der Waals surface area (Å²) >= 11 is 0. The quantitative estimate of drug-likeness (QED) is 0.391. The summed E-state index contributed by atoms with van der Waals surface area (Å²) in [5, 5.41) is 0. The number of rotatable bonds is 5. The minimum absolute atomic E-state index is 0.0263. The molecule has 190 valence electrons. The smallest absolute Gasteiger partial charge is 0.431 e. The highest BCUT2D eigenvalue weighted by Crippen LogP contribution is 2.63. The summed E-state index contributed by atoms with van der Waals surface area (Å²) in [7, 11) is 0. The average molecular weight is 475 g/mol. The molecule has 9 atom stereocenters. The van der Waals surface area contributed by atoms with Crippen molar-refractivity contribution in [2.75, 3.05) is 0 Å². The molecule has 0 aromatic carbocycles. The van der Waals surface area contributed by atoms with E-state index < -0.39 is 12.3 Å². The fraction of sp³-hybridized carbons (Fsp3) is 0.862. The van der Waals surface area contributed by atoms with Gasteiger partial charge in [-0.05, 0) is 99.9 Å². The Bertz CT molecular complexity index is 808.